The van der Waals surface area contributed by atoms with E-state index >= 15 is 0 Å². The Morgan fingerprint density at radius 1 is 1.20 bits per heavy atom. The topological polar surface area (TPSA) is 142 Å². The summed E-state index contributed by atoms with van der Waals surface area (Å²) in [5.41, 5.74) is 2.39. The first-order chi connectivity index (χ1) is 14.7. The monoisotopic (exact) mass is 401 g/mol. The Balaban J connectivity index is 1.65. The van der Waals surface area contributed by atoms with Crippen LogP contribution < -0.4 is 16.5 Å². The van der Waals surface area contributed by atoms with Gasteiger partial charge in [-0.1, -0.05) is 12.1 Å². The van der Waals surface area contributed by atoms with E-state index in [1.165, 1.54) is 0 Å². The predicted molar refractivity (Wildman–Crippen MR) is 106 cm³/mol. The number of imidazole rings is 2. The SMILES string of the molecule is O=c1[nH]c(O)c(C=c2cnn3c(=NC4CC4)nc(-n4cnc5ccccc54)nc23)[nH]1. The minimum Gasteiger partial charge on any atom is -0.493 e. The minimum atomic E-state index is -0.500. The van der Waals surface area contributed by atoms with E-state index in [1.807, 2.05) is 24.3 Å². The molecule has 0 amide bonds. The van der Waals surface area contributed by atoms with E-state index in [-0.39, 0.29) is 17.6 Å². The summed E-state index contributed by atoms with van der Waals surface area (Å²) >= 11 is 0. The van der Waals surface area contributed by atoms with Crippen molar-refractivity contribution >= 4 is 22.8 Å². The van der Waals surface area contributed by atoms with Crippen molar-refractivity contribution in [2.75, 3.05) is 0 Å². The van der Waals surface area contributed by atoms with E-state index in [1.54, 1.807) is 27.7 Å². The van der Waals surface area contributed by atoms with Gasteiger partial charge in [-0.25, -0.2) is 14.8 Å². The highest BCUT2D eigenvalue weighted by atomic mass is 16.3. The van der Waals surface area contributed by atoms with Gasteiger partial charge in [-0.3, -0.25) is 9.55 Å². The molecule has 0 bridgehead atoms. The largest absolute Gasteiger partial charge is 0.493 e. The summed E-state index contributed by atoms with van der Waals surface area (Å²) in [6, 6.07) is 7.95. The number of nitrogens with zero attached hydrogens (tertiary/aromatic N) is 7. The van der Waals surface area contributed by atoms with Crippen LogP contribution in [0.25, 0.3) is 28.7 Å². The molecule has 4 aromatic heterocycles. The van der Waals surface area contributed by atoms with Gasteiger partial charge in [-0.2, -0.15) is 19.6 Å². The Labute approximate surface area is 167 Å². The molecule has 0 saturated heterocycles. The van der Waals surface area contributed by atoms with Gasteiger partial charge in [0.25, 0.3) is 5.62 Å². The minimum absolute atomic E-state index is 0.234. The van der Waals surface area contributed by atoms with Crippen LogP contribution in [0, 0.1) is 0 Å². The van der Waals surface area contributed by atoms with Gasteiger partial charge < -0.3 is 10.1 Å². The highest BCUT2D eigenvalue weighted by Crippen LogP contribution is 2.22. The molecule has 1 saturated carbocycles. The molecule has 30 heavy (non-hydrogen) atoms. The van der Waals surface area contributed by atoms with Crippen LogP contribution in [-0.4, -0.2) is 50.2 Å². The second-order valence-electron chi connectivity index (χ2n) is 7.11. The van der Waals surface area contributed by atoms with E-state index in [4.69, 9.17) is 0 Å². The molecule has 0 radical (unpaired) electrons. The Morgan fingerprint density at radius 3 is 2.87 bits per heavy atom. The second kappa shape index (κ2) is 6.11. The lowest BCUT2D eigenvalue weighted by Gasteiger charge is -2.03. The Morgan fingerprint density at radius 2 is 2.07 bits per heavy atom. The van der Waals surface area contributed by atoms with Crippen molar-refractivity contribution in [3.63, 3.8) is 0 Å². The smallest absolute Gasteiger partial charge is 0.326 e. The maximum Gasteiger partial charge on any atom is 0.326 e. The molecule has 3 N–H and O–H groups in total. The Bertz CT molecular complexity index is 1600. The van der Waals surface area contributed by atoms with Crippen LogP contribution in [0.15, 0.2) is 46.6 Å². The number of H-pyrrole nitrogens is 2. The fourth-order valence-electron chi connectivity index (χ4n) is 3.30. The van der Waals surface area contributed by atoms with Gasteiger partial charge >= 0.3 is 5.69 Å². The number of hydrogen-bond acceptors (Lipinski definition) is 7. The lowest BCUT2D eigenvalue weighted by Crippen LogP contribution is -2.25. The van der Waals surface area contributed by atoms with Gasteiger partial charge in [-0.15, -0.1) is 0 Å². The number of aromatic amines is 2. The van der Waals surface area contributed by atoms with Crippen LogP contribution in [0.2, 0.25) is 0 Å². The first kappa shape index (κ1) is 16.7. The summed E-state index contributed by atoms with van der Waals surface area (Å²) in [4.78, 5) is 34.7. The van der Waals surface area contributed by atoms with Gasteiger partial charge in [0, 0.05) is 5.22 Å². The standard InChI is InChI=1S/C19H15N9O2/c29-16-13(23-19(30)25-16)7-10-8-21-28-15(10)24-17(26-18(28)22-11-5-6-11)27-9-20-12-3-1-2-4-14(12)27/h1-4,7-9,11,29H,5-6H2,(H2,23,25,30). The van der Waals surface area contributed by atoms with Gasteiger partial charge in [-0.05, 0) is 31.1 Å². The lowest BCUT2D eigenvalue weighted by molar-refractivity contribution is 0.454. The molecule has 0 spiro atoms. The van der Waals surface area contributed by atoms with Crippen molar-refractivity contribution in [3.05, 3.63) is 63.8 Å². The molecular formula is C19H15N9O2. The second-order valence-corrected chi connectivity index (χ2v) is 7.11. The third-order valence-electron chi connectivity index (χ3n) is 4.92. The normalized spacial score (nSPS) is 15.6. The molecule has 0 aliphatic heterocycles. The van der Waals surface area contributed by atoms with Crippen molar-refractivity contribution in [3.8, 4) is 11.8 Å². The van der Waals surface area contributed by atoms with E-state index in [0.29, 0.717) is 22.4 Å². The third kappa shape index (κ3) is 2.67. The highest BCUT2D eigenvalue weighted by Gasteiger charge is 2.21. The summed E-state index contributed by atoms with van der Waals surface area (Å²) in [5.74, 6) is 0.162. The number of nitrogens with one attached hydrogen (secondary N) is 2. The van der Waals surface area contributed by atoms with Crippen LogP contribution in [0.3, 0.4) is 0 Å². The number of rotatable bonds is 3. The van der Waals surface area contributed by atoms with E-state index in [9.17, 15) is 9.90 Å². The Kier molecular flexibility index (Phi) is 3.39. The molecular weight excluding hydrogens is 386 g/mol. The molecule has 11 heteroatoms. The fourth-order valence-corrected chi connectivity index (χ4v) is 3.30. The maximum absolute atomic E-state index is 11.5. The van der Waals surface area contributed by atoms with E-state index < -0.39 is 5.69 Å². The fraction of sp³-hybridized carbons (Fsp3) is 0.158. The summed E-state index contributed by atoms with van der Waals surface area (Å²) in [7, 11) is 0. The zero-order valence-corrected chi connectivity index (χ0v) is 15.5. The van der Waals surface area contributed by atoms with Crippen molar-refractivity contribution in [1.82, 2.24) is 39.1 Å². The van der Waals surface area contributed by atoms with Crippen molar-refractivity contribution < 1.29 is 5.11 Å². The van der Waals surface area contributed by atoms with Gasteiger partial charge in [0.1, 0.15) is 12.0 Å². The van der Waals surface area contributed by atoms with Crippen molar-refractivity contribution in [2.45, 2.75) is 18.9 Å². The highest BCUT2D eigenvalue weighted by molar-refractivity contribution is 5.76. The summed E-state index contributed by atoms with van der Waals surface area (Å²) < 4.78 is 3.36. The molecule has 1 aromatic carbocycles. The quantitative estimate of drug-likeness (QED) is 0.382. The zero-order chi connectivity index (χ0) is 20.2. The Hall–Kier alpha value is -4.28. The number of fused-ring (bicyclic) bond motifs is 2. The molecule has 11 nitrogen and oxygen atoms in total. The van der Waals surface area contributed by atoms with Gasteiger partial charge in [0.05, 0.1) is 23.3 Å². The van der Waals surface area contributed by atoms with Crippen LogP contribution in [0.4, 0.5) is 0 Å². The molecule has 5 aromatic rings. The van der Waals surface area contributed by atoms with Crippen LogP contribution in [0.5, 0.6) is 5.88 Å². The van der Waals surface area contributed by atoms with Crippen LogP contribution in [-0.2, 0) is 0 Å². The number of aromatic hydroxyl groups is 1. The number of benzene rings is 1. The number of para-hydroxylation sites is 2. The molecule has 1 aliphatic carbocycles. The third-order valence-corrected chi connectivity index (χ3v) is 4.92. The molecule has 0 atom stereocenters. The first-order valence-electron chi connectivity index (χ1n) is 9.41. The van der Waals surface area contributed by atoms with Crippen LogP contribution in [0.1, 0.15) is 18.5 Å². The van der Waals surface area contributed by atoms with Crippen molar-refractivity contribution in [2.24, 2.45) is 4.99 Å². The first-order valence-corrected chi connectivity index (χ1v) is 9.41. The maximum atomic E-state index is 11.5. The summed E-state index contributed by atoms with van der Waals surface area (Å²) in [6.45, 7) is 0. The zero-order valence-electron chi connectivity index (χ0n) is 15.5. The lowest BCUT2D eigenvalue weighted by atomic mass is 10.3. The predicted octanol–water partition coefficient (Wildman–Crippen LogP) is -0.204. The average Bonchev–Trinajstić information content (AvgIpc) is 3.16. The van der Waals surface area contributed by atoms with E-state index in [0.717, 1.165) is 23.9 Å². The van der Waals surface area contributed by atoms with Crippen LogP contribution >= 0.6 is 0 Å². The average molecular weight is 401 g/mol. The molecule has 1 aliphatic rings. The molecule has 6 rings (SSSR count). The number of aromatic nitrogens is 8. The van der Waals surface area contributed by atoms with Gasteiger partial charge in [0.15, 0.2) is 5.65 Å². The molecule has 148 valence electrons. The number of hydrogen-bond donors (Lipinski definition) is 3. The van der Waals surface area contributed by atoms with Crippen molar-refractivity contribution in [1.29, 1.82) is 0 Å². The summed E-state index contributed by atoms with van der Waals surface area (Å²) in [5, 5.41) is 14.9. The van der Waals surface area contributed by atoms with E-state index in [2.05, 4.69) is 35.0 Å². The molecule has 4 heterocycles. The molecule has 1 fully saturated rings. The summed E-state index contributed by atoms with van der Waals surface area (Å²) in [6.07, 6.45) is 6.91. The van der Waals surface area contributed by atoms with Gasteiger partial charge in [0.2, 0.25) is 11.8 Å². The molecule has 0 unspecified atom stereocenters.